The molecule has 2 heterocycles. The number of ether oxygens (including phenoxy) is 1. The summed E-state index contributed by atoms with van der Waals surface area (Å²) in [5, 5.41) is 4.84. The van der Waals surface area contributed by atoms with Gasteiger partial charge in [-0.1, -0.05) is 29.5 Å². The van der Waals surface area contributed by atoms with Crippen molar-refractivity contribution < 1.29 is 22.7 Å². The third-order valence-corrected chi connectivity index (χ3v) is 7.78. The number of hydrogen-bond donors (Lipinski definition) is 2. The van der Waals surface area contributed by atoms with Crippen molar-refractivity contribution in [3.05, 3.63) is 47.7 Å². The lowest BCUT2D eigenvalue weighted by atomic mass is 10.1. The highest BCUT2D eigenvalue weighted by molar-refractivity contribution is 8.00. The average molecular weight is 479 g/mol. The van der Waals surface area contributed by atoms with Crippen LogP contribution in [0.5, 0.6) is 0 Å². The number of nitrogens with zero attached hydrogens (tertiary/aromatic N) is 2. The predicted molar refractivity (Wildman–Crippen MR) is 122 cm³/mol. The zero-order valence-electron chi connectivity index (χ0n) is 18.1. The van der Waals surface area contributed by atoms with Crippen LogP contribution in [0.15, 0.2) is 46.5 Å². The van der Waals surface area contributed by atoms with Gasteiger partial charge < -0.3 is 10.1 Å². The van der Waals surface area contributed by atoms with Crippen LogP contribution in [0.25, 0.3) is 0 Å². The first-order chi connectivity index (χ1) is 15.2. The summed E-state index contributed by atoms with van der Waals surface area (Å²) in [6.45, 7) is 6.81. The molecule has 0 aliphatic carbocycles. The average Bonchev–Trinajstić information content (AvgIpc) is 2.76. The van der Waals surface area contributed by atoms with Gasteiger partial charge in [-0.15, -0.1) is 0 Å². The molecule has 1 aliphatic rings. The standard InChI is InChI=1S/C21H26N4O5S2/c1-14-4-6-18(15(2)12-14)23-21(27)24-20(26)16(3)31-19-7-5-17(13-22-19)32(28,29)25-8-10-30-11-9-25/h4-7,12-13,16H,8-11H2,1-3H3,(H2,23,24,26,27). The van der Waals surface area contributed by atoms with Crippen molar-refractivity contribution in [2.45, 2.75) is 35.9 Å². The first-order valence-corrected chi connectivity index (χ1v) is 12.4. The highest BCUT2D eigenvalue weighted by Crippen LogP contribution is 2.24. The van der Waals surface area contributed by atoms with Gasteiger partial charge in [0.1, 0.15) is 4.90 Å². The monoisotopic (exact) mass is 478 g/mol. The molecule has 2 aromatic rings. The summed E-state index contributed by atoms with van der Waals surface area (Å²) in [6, 6.07) is 8.00. The lowest BCUT2D eigenvalue weighted by molar-refractivity contribution is -0.119. The van der Waals surface area contributed by atoms with Gasteiger partial charge in [-0.2, -0.15) is 4.31 Å². The number of aromatic nitrogens is 1. The van der Waals surface area contributed by atoms with E-state index in [2.05, 4.69) is 15.6 Å². The van der Waals surface area contributed by atoms with E-state index in [1.165, 1.54) is 16.6 Å². The molecule has 11 heteroatoms. The number of anilines is 1. The number of morpholine rings is 1. The van der Waals surface area contributed by atoms with Crippen LogP contribution in [-0.4, -0.2) is 61.2 Å². The Balaban J connectivity index is 1.56. The number of nitrogens with one attached hydrogen (secondary N) is 2. The van der Waals surface area contributed by atoms with Gasteiger partial charge in [0.05, 0.1) is 23.5 Å². The van der Waals surface area contributed by atoms with E-state index in [9.17, 15) is 18.0 Å². The van der Waals surface area contributed by atoms with E-state index in [4.69, 9.17) is 4.74 Å². The number of benzene rings is 1. The van der Waals surface area contributed by atoms with Gasteiger partial charge in [-0.05, 0) is 44.5 Å². The Morgan fingerprint density at radius 1 is 1.16 bits per heavy atom. The molecule has 3 amide bonds. The maximum Gasteiger partial charge on any atom is 0.325 e. The minimum atomic E-state index is -3.63. The van der Waals surface area contributed by atoms with Crippen LogP contribution >= 0.6 is 11.8 Å². The van der Waals surface area contributed by atoms with Crippen molar-refractivity contribution in [3.8, 4) is 0 Å². The first-order valence-electron chi connectivity index (χ1n) is 10.1. The number of amides is 3. The Hall–Kier alpha value is -2.47. The maximum atomic E-state index is 12.7. The molecule has 0 spiro atoms. The molecule has 1 aromatic heterocycles. The van der Waals surface area contributed by atoms with Gasteiger partial charge in [-0.3, -0.25) is 10.1 Å². The van der Waals surface area contributed by atoms with Gasteiger partial charge in [0, 0.05) is 25.0 Å². The number of pyridine rings is 1. The molecule has 1 aromatic carbocycles. The number of carbonyl (C=O) groups is 2. The van der Waals surface area contributed by atoms with Crippen LogP contribution in [0.1, 0.15) is 18.1 Å². The van der Waals surface area contributed by atoms with Gasteiger partial charge in [0.25, 0.3) is 0 Å². The topological polar surface area (TPSA) is 118 Å². The lowest BCUT2D eigenvalue weighted by Gasteiger charge is -2.25. The third kappa shape index (κ3) is 6.06. The molecule has 2 N–H and O–H groups in total. The van der Waals surface area contributed by atoms with Crippen LogP contribution in [0.3, 0.4) is 0 Å². The Kier molecular flexibility index (Phi) is 7.88. The molecule has 0 radical (unpaired) electrons. The molecule has 1 saturated heterocycles. The van der Waals surface area contributed by atoms with E-state index in [-0.39, 0.29) is 4.90 Å². The van der Waals surface area contributed by atoms with Gasteiger partial charge in [0.15, 0.2) is 0 Å². The molecule has 1 unspecified atom stereocenters. The molecule has 172 valence electrons. The molecule has 32 heavy (non-hydrogen) atoms. The van der Waals surface area contributed by atoms with E-state index in [0.717, 1.165) is 22.9 Å². The van der Waals surface area contributed by atoms with Crippen molar-refractivity contribution >= 4 is 39.4 Å². The fraction of sp³-hybridized carbons (Fsp3) is 0.381. The number of hydrogen-bond acceptors (Lipinski definition) is 7. The van der Waals surface area contributed by atoms with Crippen molar-refractivity contribution in [1.29, 1.82) is 0 Å². The van der Waals surface area contributed by atoms with Crippen LogP contribution < -0.4 is 10.6 Å². The van der Waals surface area contributed by atoms with Gasteiger partial charge >= 0.3 is 6.03 Å². The summed E-state index contributed by atoms with van der Waals surface area (Å²) < 4.78 is 31.9. The lowest BCUT2D eigenvalue weighted by Crippen LogP contribution is -2.40. The Labute approximate surface area is 192 Å². The second kappa shape index (κ2) is 10.4. The number of sulfonamides is 1. The minimum Gasteiger partial charge on any atom is -0.379 e. The largest absolute Gasteiger partial charge is 0.379 e. The van der Waals surface area contributed by atoms with Gasteiger partial charge in [-0.25, -0.2) is 18.2 Å². The normalized spacial score (nSPS) is 15.7. The van der Waals surface area contributed by atoms with E-state index in [0.29, 0.717) is 37.0 Å². The molecule has 1 aliphatic heterocycles. The van der Waals surface area contributed by atoms with Crippen molar-refractivity contribution in [2.75, 3.05) is 31.6 Å². The summed E-state index contributed by atoms with van der Waals surface area (Å²) in [7, 11) is -3.63. The smallest absolute Gasteiger partial charge is 0.325 e. The summed E-state index contributed by atoms with van der Waals surface area (Å²) in [6.07, 6.45) is 1.28. The molecule has 1 fully saturated rings. The van der Waals surface area contributed by atoms with Crippen molar-refractivity contribution in [3.63, 3.8) is 0 Å². The molecular formula is C21H26N4O5S2. The predicted octanol–water partition coefficient (Wildman–Crippen LogP) is 2.55. The highest BCUT2D eigenvalue weighted by atomic mass is 32.2. The zero-order valence-corrected chi connectivity index (χ0v) is 19.8. The van der Waals surface area contributed by atoms with E-state index in [1.54, 1.807) is 19.1 Å². The molecule has 0 saturated carbocycles. The number of rotatable bonds is 6. The van der Waals surface area contributed by atoms with Gasteiger partial charge in [0.2, 0.25) is 15.9 Å². The Bertz CT molecular complexity index is 1080. The van der Waals surface area contributed by atoms with Crippen molar-refractivity contribution in [1.82, 2.24) is 14.6 Å². The van der Waals surface area contributed by atoms with E-state index < -0.39 is 27.2 Å². The van der Waals surface area contributed by atoms with Crippen LogP contribution in [0.4, 0.5) is 10.5 Å². The minimum absolute atomic E-state index is 0.0914. The molecule has 3 rings (SSSR count). The summed E-state index contributed by atoms with van der Waals surface area (Å²) in [4.78, 5) is 28.8. The summed E-state index contributed by atoms with van der Waals surface area (Å²) in [5.41, 5.74) is 2.59. The molecular weight excluding hydrogens is 452 g/mol. The Morgan fingerprint density at radius 2 is 1.88 bits per heavy atom. The highest BCUT2D eigenvalue weighted by Gasteiger charge is 2.27. The zero-order chi connectivity index (χ0) is 23.3. The summed E-state index contributed by atoms with van der Waals surface area (Å²) >= 11 is 1.13. The number of carbonyl (C=O) groups excluding carboxylic acids is 2. The summed E-state index contributed by atoms with van der Waals surface area (Å²) in [5.74, 6) is -0.482. The number of imide groups is 1. The number of urea groups is 1. The second-order valence-electron chi connectivity index (χ2n) is 7.37. The Morgan fingerprint density at radius 3 is 2.50 bits per heavy atom. The molecule has 9 nitrogen and oxygen atoms in total. The fourth-order valence-electron chi connectivity index (χ4n) is 3.08. The second-order valence-corrected chi connectivity index (χ2v) is 10.7. The van der Waals surface area contributed by atoms with Crippen LogP contribution in [0, 0.1) is 13.8 Å². The molecule has 1 atom stereocenters. The quantitative estimate of drug-likeness (QED) is 0.613. The van der Waals surface area contributed by atoms with Crippen molar-refractivity contribution in [2.24, 2.45) is 0 Å². The maximum absolute atomic E-state index is 12.7. The number of thioether (sulfide) groups is 1. The van der Waals surface area contributed by atoms with E-state index in [1.807, 2.05) is 26.0 Å². The molecule has 0 bridgehead atoms. The third-order valence-electron chi connectivity index (χ3n) is 4.85. The SMILES string of the molecule is Cc1ccc(NC(=O)NC(=O)C(C)Sc2ccc(S(=O)(=O)N3CCOCC3)cn2)c(C)c1. The number of aryl methyl sites for hydroxylation is 2. The van der Waals surface area contributed by atoms with E-state index >= 15 is 0 Å². The van der Waals surface area contributed by atoms with Crippen LogP contribution in [-0.2, 0) is 19.6 Å². The van der Waals surface area contributed by atoms with Crippen LogP contribution in [0.2, 0.25) is 0 Å². The first kappa shape index (κ1) is 24.2. The fourth-order valence-corrected chi connectivity index (χ4v) is 5.22.